The molecule has 1 aliphatic heterocycles. The smallest absolute Gasteiger partial charge is 0.143 e. The molecule has 1 aromatic heterocycles. The summed E-state index contributed by atoms with van der Waals surface area (Å²) in [6, 6.07) is 8.07. The van der Waals surface area contributed by atoms with Gasteiger partial charge in [-0.25, -0.2) is 4.98 Å². The fraction of sp³-hybridized carbons (Fsp3) is 0.500. The lowest BCUT2D eigenvalue weighted by molar-refractivity contribution is -0.125. The van der Waals surface area contributed by atoms with Crippen molar-refractivity contribution in [2.45, 2.75) is 32.7 Å². The summed E-state index contributed by atoms with van der Waals surface area (Å²) in [6.07, 6.45) is 2.14. The molecule has 1 fully saturated rings. The Morgan fingerprint density at radius 2 is 2.10 bits per heavy atom. The number of benzene rings is 1. The van der Waals surface area contributed by atoms with Crippen LogP contribution in [0.2, 0.25) is 0 Å². The van der Waals surface area contributed by atoms with Crippen molar-refractivity contribution in [3.8, 4) is 0 Å². The number of rotatable bonds is 4. The summed E-state index contributed by atoms with van der Waals surface area (Å²) in [5.41, 5.74) is 2.09. The highest BCUT2D eigenvalue weighted by Gasteiger charge is 2.23. The van der Waals surface area contributed by atoms with Crippen LogP contribution in [0.25, 0.3) is 11.0 Å². The average molecular weight is 272 g/mol. The van der Waals surface area contributed by atoms with Gasteiger partial charge in [0.1, 0.15) is 11.6 Å². The van der Waals surface area contributed by atoms with Crippen LogP contribution in [-0.4, -0.2) is 28.5 Å². The van der Waals surface area contributed by atoms with Crippen molar-refractivity contribution in [3.05, 3.63) is 30.1 Å². The van der Waals surface area contributed by atoms with Crippen molar-refractivity contribution in [2.75, 3.05) is 13.2 Å². The fourth-order valence-corrected chi connectivity index (χ4v) is 2.93. The second-order valence-corrected chi connectivity index (χ2v) is 5.29. The highest BCUT2D eigenvalue weighted by molar-refractivity contribution is 5.84. The minimum Gasteiger partial charge on any atom is -0.381 e. The van der Waals surface area contributed by atoms with Gasteiger partial charge >= 0.3 is 0 Å². The zero-order valence-electron chi connectivity index (χ0n) is 11.8. The van der Waals surface area contributed by atoms with Crippen LogP contribution in [0.1, 0.15) is 25.6 Å². The van der Waals surface area contributed by atoms with Crippen LogP contribution in [0, 0.1) is 5.92 Å². The molecule has 106 valence electrons. The van der Waals surface area contributed by atoms with Gasteiger partial charge in [-0.05, 0) is 31.9 Å². The van der Waals surface area contributed by atoms with E-state index in [4.69, 9.17) is 4.74 Å². The first-order chi connectivity index (χ1) is 9.79. The minimum atomic E-state index is 0.147. The van der Waals surface area contributed by atoms with Crippen molar-refractivity contribution in [1.29, 1.82) is 0 Å². The molecule has 0 unspecified atom stereocenters. The summed E-state index contributed by atoms with van der Waals surface area (Å²) in [5.74, 6) is 1.34. The van der Waals surface area contributed by atoms with E-state index < -0.39 is 0 Å². The van der Waals surface area contributed by atoms with Gasteiger partial charge in [-0.2, -0.15) is 0 Å². The fourth-order valence-electron chi connectivity index (χ4n) is 2.93. The van der Waals surface area contributed by atoms with E-state index in [0.717, 1.165) is 36.2 Å². The molecule has 2 aromatic rings. The molecule has 0 N–H and O–H groups in total. The summed E-state index contributed by atoms with van der Waals surface area (Å²) in [5, 5.41) is 0. The van der Waals surface area contributed by atoms with Gasteiger partial charge < -0.3 is 9.30 Å². The molecule has 4 heteroatoms. The monoisotopic (exact) mass is 272 g/mol. The Balaban J connectivity index is 1.84. The first-order valence-corrected chi connectivity index (χ1v) is 7.34. The molecule has 0 bridgehead atoms. The predicted octanol–water partition coefficient (Wildman–Crippen LogP) is 2.59. The summed E-state index contributed by atoms with van der Waals surface area (Å²) in [6.45, 7) is 4.36. The minimum absolute atomic E-state index is 0.147. The number of hydrogen-bond acceptors (Lipinski definition) is 3. The van der Waals surface area contributed by atoms with Crippen molar-refractivity contribution >= 4 is 16.8 Å². The quantitative estimate of drug-likeness (QED) is 0.859. The molecular formula is C16H20N2O2. The van der Waals surface area contributed by atoms with Crippen LogP contribution in [0.4, 0.5) is 0 Å². The SMILES string of the molecule is CCn1c(CC(=O)C2CCOCC2)nc2ccccc21. The van der Waals surface area contributed by atoms with E-state index in [1.54, 1.807) is 0 Å². The van der Waals surface area contributed by atoms with E-state index in [-0.39, 0.29) is 5.92 Å². The van der Waals surface area contributed by atoms with Crippen LogP contribution in [0.15, 0.2) is 24.3 Å². The van der Waals surface area contributed by atoms with Crippen LogP contribution in [-0.2, 0) is 22.5 Å². The van der Waals surface area contributed by atoms with E-state index >= 15 is 0 Å². The third-order valence-corrected chi connectivity index (χ3v) is 4.06. The first kappa shape index (κ1) is 13.3. The second-order valence-electron chi connectivity index (χ2n) is 5.29. The molecule has 0 amide bonds. The van der Waals surface area contributed by atoms with E-state index in [0.29, 0.717) is 25.4 Å². The molecule has 0 radical (unpaired) electrons. The second kappa shape index (κ2) is 5.75. The summed E-state index contributed by atoms with van der Waals surface area (Å²) in [7, 11) is 0. The van der Waals surface area contributed by atoms with Gasteiger partial charge in [0.15, 0.2) is 0 Å². The van der Waals surface area contributed by atoms with Crippen LogP contribution >= 0.6 is 0 Å². The van der Waals surface area contributed by atoms with Crippen molar-refractivity contribution in [3.63, 3.8) is 0 Å². The standard InChI is InChI=1S/C16H20N2O2/c1-2-18-14-6-4-3-5-13(14)17-16(18)11-15(19)12-7-9-20-10-8-12/h3-6,12H,2,7-11H2,1H3. The number of carbonyl (C=O) groups excluding carboxylic acids is 1. The van der Waals surface area contributed by atoms with Crippen LogP contribution < -0.4 is 0 Å². The number of nitrogens with zero attached hydrogens (tertiary/aromatic N) is 2. The van der Waals surface area contributed by atoms with E-state index in [1.165, 1.54) is 0 Å². The maximum atomic E-state index is 12.4. The normalized spacial score (nSPS) is 16.6. The number of hydrogen-bond donors (Lipinski definition) is 0. The third-order valence-electron chi connectivity index (χ3n) is 4.06. The Bertz CT molecular complexity index is 612. The maximum Gasteiger partial charge on any atom is 0.143 e. The molecule has 0 spiro atoms. The average Bonchev–Trinajstić information content (AvgIpc) is 2.85. The lowest BCUT2D eigenvalue weighted by Gasteiger charge is -2.20. The van der Waals surface area contributed by atoms with Crippen molar-refractivity contribution < 1.29 is 9.53 Å². The first-order valence-electron chi connectivity index (χ1n) is 7.34. The van der Waals surface area contributed by atoms with Gasteiger partial charge in [0.05, 0.1) is 17.5 Å². The molecule has 1 saturated heterocycles. The van der Waals surface area contributed by atoms with Crippen molar-refractivity contribution in [1.82, 2.24) is 9.55 Å². The Kier molecular flexibility index (Phi) is 3.83. The van der Waals surface area contributed by atoms with Crippen LogP contribution in [0.5, 0.6) is 0 Å². The molecule has 4 nitrogen and oxygen atoms in total. The Hall–Kier alpha value is -1.68. The molecular weight excluding hydrogens is 252 g/mol. The number of aryl methyl sites for hydroxylation is 1. The summed E-state index contributed by atoms with van der Waals surface area (Å²) >= 11 is 0. The van der Waals surface area contributed by atoms with E-state index in [2.05, 4.69) is 22.5 Å². The zero-order chi connectivity index (χ0) is 13.9. The van der Waals surface area contributed by atoms with Gasteiger partial charge in [0, 0.05) is 25.7 Å². The lowest BCUT2D eigenvalue weighted by atomic mass is 9.93. The number of ketones is 1. The van der Waals surface area contributed by atoms with Gasteiger partial charge in [-0.15, -0.1) is 0 Å². The lowest BCUT2D eigenvalue weighted by Crippen LogP contribution is -2.25. The number of aromatic nitrogens is 2. The van der Waals surface area contributed by atoms with Gasteiger partial charge in [0.2, 0.25) is 0 Å². The zero-order valence-corrected chi connectivity index (χ0v) is 11.8. The summed E-state index contributed by atoms with van der Waals surface area (Å²) < 4.78 is 7.47. The van der Waals surface area contributed by atoms with E-state index in [9.17, 15) is 4.79 Å². The molecule has 0 aliphatic carbocycles. The molecule has 3 rings (SSSR count). The highest BCUT2D eigenvalue weighted by Crippen LogP contribution is 2.20. The van der Waals surface area contributed by atoms with Gasteiger partial charge in [0.25, 0.3) is 0 Å². The number of carbonyl (C=O) groups is 1. The molecule has 20 heavy (non-hydrogen) atoms. The summed E-state index contributed by atoms with van der Waals surface area (Å²) in [4.78, 5) is 17.0. The topological polar surface area (TPSA) is 44.1 Å². The molecule has 0 atom stereocenters. The van der Waals surface area contributed by atoms with E-state index in [1.807, 2.05) is 18.2 Å². The number of para-hydroxylation sites is 2. The Morgan fingerprint density at radius 1 is 1.35 bits per heavy atom. The van der Waals surface area contributed by atoms with Gasteiger partial charge in [-0.1, -0.05) is 12.1 Å². The highest BCUT2D eigenvalue weighted by atomic mass is 16.5. The number of fused-ring (bicyclic) bond motifs is 1. The number of imidazole rings is 1. The molecule has 1 aromatic carbocycles. The number of ether oxygens (including phenoxy) is 1. The largest absolute Gasteiger partial charge is 0.381 e. The van der Waals surface area contributed by atoms with Crippen molar-refractivity contribution in [2.24, 2.45) is 5.92 Å². The molecule has 2 heterocycles. The maximum absolute atomic E-state index is 12.4. The molecule has 0 saturated carbocycles. The van der Waals surface area contributed by atoms with Gasteiger partial charge in [-0.3, -0.25) is 4.79 Å². The Morgan fingerprint density at radius 3 is 2.85 bits per heavy atom. The Labute approximate surface area is 118 Å². The predicted molar refractivity (Wildman–Crippen MR) is 77.7 cm³/mol. The third kappa shape index (κ3) is 2.48. The van der Waals surface area contributed by atoms with Crippen LogP contribution in [0.3, 0.4) is 0 Å². The number of Topliss-reactive ketones (excluding diaryl/α,β-unsaturated/α-hetero) is 1. The molecule has 1 aliphatic rings.